The Kier molecular flexibility index (Phi) is 10.3. The average molecular weight is 689 g/mol. The molecule has 10 heteroatoms. The van der Waals surface area contributed by atoms with Crippen LogP contribution in [0.3, 0.4) is 0 Å². The molecule has 1 unspecified atom stereocenters. The van der Waals surface area contributed by atoms with E-state index < -0.39 is 17.1 Å². The lowest BCUT2D eigenvalue weighted by atomic mass is 10.1. The molecule has 6 aromatic rings. The van der Waals surface area contributed by atoms with E-state index in [-0.39, 0.29) is 11.6 Å². The molecule has 0 bridgehead atoms. The number of aromatic nitrogens is 1. The number of hydrogen-bond acceptors (Lipinski definition) is 6. The molecule has 7 nitrogen and oxygen atoms in total. The minimum Gasteiger partial charge on any atom is -0.321 e. The van der Waals surface area contributed by atoms with Gasteiger partial charge in [0.2, 0.25) is 5.91 Å². The monoisotopic (exact) mass is 688 g/mol. The van der Waals surface area contributed by atoms with Crippen molar-refractivity contribution in [1.29, 1.82) is 0 Å². The van der Waals surface area contributed by atoms with E-state index in [2.05, 4.69) is 45.2 Å². The number of hydrogen-bond donors (Lipinski definition) is 3. The molecule has 3 amide bonds. The van der Waals surface area contributed by atoms with Crippen LogP contribution in [-0.2, 0) is 9.59 Å². The van der Waals surface area contributed by atoms with E-state index in [1.165, 1.54) is 23.1 Å². The molecule has 0 radical (unpaired) electrons. The quantitative estimate of drug-likeness (QED) is 0.0985. The SMILES string of the molecule is CC(Sc1ccc(NC(=O)/C(=C/c2cccc(Cl)c2)NC(=O)c2ccccc2)cc1)C(=O)Nc1nc(-c2ccc3ccccc3c2)cs1. The van der Waals surface area contributed by atoms with Crippen molar-refractivity contribution in [1.82, 2.24) is 10.3 Å². The Morgan fingerprint density at radius 2 is 1.56 bits per heavy atom. The van der Waals surface area contributed by atoms with Crippen LogP contribution in [0.5, 0.6) is 0 Å². The lowest BCUT2D eigenvalue weighted by molar-refractivity contribution is -0.115. The van der Waals surface area contributed by atoms with Crippen LogP contribution in [0, 0.1) is 0 Å². The molecule has 0 fully saturated rings. The summed E-state index contributed by atoms with van der Waals surface area (Å²) in [6.07, 6.45) is 1.57. The van der Waals surface area contributed by atoms with Gasteiger partial charge in [-0.1, -0.05) is 78.3 Å². The number of nitrogens with zero attached hydrogens (tertiary/aromatic N) is 1. The third-order valence-electron chi connectivity index (χ3n) is 7.26. The molecule has 5 aromatic carbocycles. The second-order valence-electron chi connectivity index (χ2n) is 10.8. The van der Waals surface area contributed by atoms with Gasteiger partial charge in [0.25, 0.3) is 11.8 Å². The number of fused-ring (bicyclic) bond motifs is 1. The number of amides is 3. The van der Waals surface area contributed by atoms with E-state index in [0.29, 0.717) is 27.0 Å². The number of anilines is 2. The third-order valence-corrected chi connectivity index (χ3v) is 9.37. The molecule has 1 atom stereocenters. The van der Waals surface area contributed by atoms with Crippen LogP contribution in [0.4, 0.5) is 10.8 Å². The van der Waals surface area contributed by atoms with E-state index in [1.807, 2.05) is 48.7 Å². The minimum atomic E-state index is -0.501. The number of benzene rings is 5. The fraction of sp³-hybridized carbons (Fsp3) is 0.0526. The fourth-order valence-corrected chi connectivity index (χ4v) is 6.59. The molecule has 0 saturated carbocycles. The summed E-state index contributed by atoms with van der Waals surface area (Å²) in [5.74, 6) is -1.08. The van der Waals surface area contributed by atoms with Crippen LogP contribution in [0.2, 0.25) is 5.02 Å². The highest BCUT2D eigenvalue weighted by molar-refractivity contribution is 8.00. The zero-order valence-electron chi connectivity index (χ0n) is 25.6. The fourth-order valence-electron chi connectivity index (χ4n) is 4.80. The highest BCUT2D eigenvalue weighted by atomic mass is 35.5. The number of thioether (sulfide) groups is 1. The van der Waals surface area contributed by atoms with Crippen LogP contribution in [-0.4, -0.2) is 28.0 Å². The van der Waals surface area contributed by atoms with Gasteiger partial charge in [0.05, 0.1) is 10.9 Å². The third kappa shape index (κ3) is 8.38. The molecule has 0 aliphatic heterocycles. The average Bonchev–Trinajstić information content (AvgIpc) is 3.57. The largest absolute Gasteiger partial charge is 0.321 e. The Bertz CT molecular complexity index is 2130. The van der Waals surface area contributed by atoms with E-state index >= 15 is 0 Å². The Morgan fingerprint density at radius 3 is 2.33 bits per heavy atom. The number of nitrogens with one attached hydrogen (secondary N) is 3. The first kappa shape index (κ1) is 32.7. The summed E-state index contributed by atoms with van der Waals surface area (Å²) < 4.78 is 0. The maximum atomic E-state index is 13.4. The van der Waals surface area contributed by atoms with Crippen LogP contribution in [0.15, 0.2) is 137 Å². The van der Waals surface area contributed by atoms with E-state index in [0.717, 1.165) is 26.9 Å². The van der Waals surface area contributed by atoms with Gasteiger partial charge in [0.1, 0.15) is 5.70 Å². The second-order valence-corrected chi connectivity index (χ2v) is 13.5. The summed E-state index contributed by atoms with van der Waals surface area (Å²) >= 11 is 8.92. The molecule has 0 spiro atoms. The van der Waals surface area contributed by atoms with Crippen LogP contribution in [0.25, 0.3) is 28.1 Å². The Morgan fingerprint density at radius 1 is 0.812 bits per heavy atom. The summed E-state index contributed by atoms with van der Waals surface area (Å²) in [5, 5.41) is 13.4. The molecule has 3 N–H and O–H groups in total. The zero-order valence-corrected chi connectivity index (χ0v) is 28.0. The first-order valence-corrected chi connectivity index (χ1v) is 17.1. The van der Waals surface area contributed by atoms with Gasteiger partial charge in [0.15, 0.2) is 5.13 Å². The van der Waals surface area contributed by atoms with Gasteiger partial charge in [-0.05, 0) is 83.9 Å². The smallest absolute Gasteiger partial charge is 0.272 e. The number of rotatable bonds is 10. The molecular weight excluding hydrogens is 660 g/mol. The van der Waals surface area contributed by atoms with Crippen molar-refractivity contribution in [3.63, 3.8) is 0 Å². The van der Waals surface area contributed by atoms with Crippen molar-refractivity contribution in [2.24, 2.45) is 0 Å². The molecular formula is C38H29ClN4O3S2. The predicted octanol–water partition coefficient (Wildman–Crippen LogP) is 9.15. The minimum absolute atomic E-state index is 0.0563. The van der Waals surface area contributed by atoms with Crippen molar-refractivity contribution >= 4 is 80.1 Å². The lowest BCUT2D eigenvalue weighted by Crippen LogP contribution is -2.30. The van der Waals surface area contributed by atoms with Crippen molar-refractivity contribution in [2.75, 3.05) is 10.6 Å². The molecule has 238 valence electrons. The molecule has 1 heterocycles. The topological polar surface area (TPSA) is 100 Å². The number of carbonyl (C=O) groups excluding carboxylic acids is 3. The van der Waals surface area contributed by atoms with Gasteiger partial charge in [-0.2, -0.15) is 0 Å². The van der Waals surface area contributed by atoms with E-state index in [4.69, 9.17) is 11.6 Å². The molecule has 0 aliphatic rings. The second kappa shape index (κ2) is 15.1. The Hall–Kier alpha value is -5.22. The number of halogens is 1. The first-order valence-electron chi connectivity index (χ1n) is 15.0. The normalized spacial score (nSPS) is 11.9. The lowest BCUT2D eigenvalue weighted by Gasteiger charge is -2.13. The molecule has 1 aromatic heterocycles. The summed E-state index contributed by atoms with van der Waals surface area (Å²) in [7, 11) is 0. The first-order chi connectivity index (χ1) is 23.3. The Balaban J connectivity index is 1.07. The number of carbonyl (C=O) groups is 3. The van der Waals surface area contributed by atoms with Crippen LogP contribution < -0.4 is 16.0 Å². The van der Waals surface area contributed by atoms with Crippen molar-refractivity contribution in [2.45, 2.75) is 17.1 Å². The predicted molar refractivity (Wildman–Crippen MR) is 197 cm³/mol. The van der Waals surface area contributed by atoms with E-state index in [9.17, 15) is 14.4 Å². The molecule has 0 saturated heterocycles. The maximum Gasteiger partial charge on any atom is 0.272 e. The summed E-state index contributed by atoms with van der Waals surface area (Å²) in [6, 6.07) is 37.1. The summed E-state index contributed by atoms with van der Waals surface area (Å²) in [4.78, 5) is 44.8. The highest BCUT2D eigenvalue weighted by Crippen LogP contribution is 2.30. The van der Waals surface area contributed by atoms with Crippen LogP contribution in [0.1, 0.15) is 22.8 Å². The van der Waals surface area contributed by atoms with Gasteiger partial charge in [0, 0.05) is 32.1 Å². The van der Waals surface area contributed by atoms with Gasteiger partial charge in [-0.3, -0.25) is 14.4 Å². The number of thiazole rings is 1. The van der Waals surface area contributed by atoms with Crippen molar-refractivity contribution in [3.05, 3.63) is 149 Å². The molecule has 48 heavy (non-hydrogen) atoms. The van der Waals surface area contributed by atoms with Crippen molar-refractivity contribution in [3.8, 4) is 11.3 Å². The highest BCUT2D eigenvalue weighted by Gasteiger charge is 2.18. The van der Waals surface area contributed by atoms with E-state index in [1.54, 1.807) is 66.7 Å². The standard InChI is InChI=1S/C38H29ClN4O3S2/c1-24(35(44)43-38-42-34(23-47-38)29-15-14-26-9-5-6-12-28(26)22-29)48-32-18-16-31(17-19-32)40-37(46)33(21-25-8-7-13-30(39)20-25)41-36(45)27-10-3-2-4-11-27/h2-24H,1H3,(H,40,46)(H,41,45)(H,42,43,44)/b33-21-. The molecule has 6 rings (SSSR count). The summed E-state index contributed by atoms with van der Waals surface area (Å²) in [6.45, 7) is 1.83. The Labute approximate surface area is 291 Å². The van der Waals surface area contributed by atoms with Gasteiger partial charge in [-0.25, -0.2) is 4.98 Å². The summed E-state index contributed by atoms with van der Waals surface area (Å²) in [5.41, 5.74) is 3.46. The van der Waals surface area contributed by atoms with Crippen molar-refractivity contribution < 1.29 is 14.4 Å². The van der Waals surface area contributed by atoms with Crippen LogP contribution >= 0.6 is 34.7 Å². The van der Waals surface area contributed by atoms with Gasteiger partial charge < -0.3 is 16.0 Å². The van der Waals surface area contributed by atoms with Gasteiger partial charge >= 0.3 is 0 Å². The molecule has 0 aliphatic carbocycles. The maximum absolute atomic E-state index is 13.4. The zero-order chi connectivity index (χ0) is 33.5. The van der Waals surface area contributed by atoms with Gasteiger partial charge in [-0.15, -0.1) is 23.1 Å².